The van der Waals surface area contributed by atoms with Crippen LogP contribution in [0.5, 0.6) is 5.75 Å². The number of nitrogens with zero attached hydrogens (tertiary/aromatic N) is 2. The van der Waals surface area contributed by atoms with Gasteiger partial charge in [-0.2, -0.15) is 0 Å². The molecule has 1 aliphatic heterocycles. The lowest BCUT2D eigenvalue weighted by molar-refractivity contribution is 0.214. The van der Waals surface area contributed by atoms with Crippen LogP contribution >= 0.6 is 0 Å². The van der Waals surface area contributed by atoms with Crippen molar-refractivity contribution >= 4 is 0 Å². The van der Waals surface area contributed by atoms with E-state index >= 15 is 0 Å². The SMILES string of the molecule is c1cnc(-c2ccc(OCC3CC4CNCC3C4)cc2)nc1. The molecule has 1 saturated heterocycles. The molecule has 114 valence electrons. The predicted octanol–water partition coefficient (Wildman–Crippen LogP) is 2.77. The van der Waals surface area contributed by atoms with Crippen molar-refractivity contribution in [3.8, 4) is 17.1 Å². The van der Waals surface area contributed by atoms with E-state index < -0.39 is 0 Å². The summed E-state index contributed by atoms with van der Waals surface area (Å²) in [7, 11) is 0. The van der Waals surface area contributed by atoms with Crippen LogP contribution in [0.15, 0.2) is 42.7 Å². The molecule has 2 bridgehead atoms. The quantitative estimate of drug-likeness (QED) is 0.942. The number of ether oxygens (including phenoxy) is 1. The Hall–Kier alpha value is -1.94. The van der Waals surface area contributed by atoms with Crippen LogP contribution in [-0.4, -0.2) is 29.7 Å². The second-order valence-corrected chi connectivity index (χ2v) is 6.42. The summed E-state index contributed by atoms with van der Waals surface area (Å²) in [6.45, 7) is 3.19. The molecule has 3 unspecified atom stereocenters. The first-order valence-corrected chi connectivity index (χ1v) is 8.09. The zero-order chi connectivity index (χ0) is 14.8. The Balaban J connectivity index is 1.38. The van der Waals surface area contributed by atoms with E-state index in [0.29, 0.717) is 5.92 Å². The summed E-state index contributed by atoms with van der Waals surface area (Å²) in [6.07, 6.45) is 6.22. The Morgan fingerprint density at radius 2 is 1.86 bits per heavy atom. The molecule has 2 fully saturated rings. The highest BCUT2D eigenvalue weighted by Crippen LogP contribution is 2.38. The number of nitrogens with one attached hydrogen (secondary N) is 1. The van der Waals surface area contributed by atoms with Gasteiger partial charge in [0.15, 0.2) is 5.82 Å². The monoisotopic (exact) mass is 295 g/mol. The molecule has 22 heavy (non-hydrogen) atoms. The van der Waals surface area contributed by atoms with Crippen LogP contribution in [0.25, 0.3) is 11.4 Å². The minimum atomic E-state index is 0.706. The Bertz CT molecular complexity index is 614. The molecule has 1 aromatic heterocycles. The average molecular weight is 295 g/mol. The van der Waals surface area contributed by atoms with Crippen LogP contribution in [0.3, 0.4) is 0 Å². The van der Waals surface area contributed by atoms with Crippen molar-refractivity contribution in [3.63, 3.8) is 0 Å². The largest absolute Gasteiger partial charge is 0.493 e. The summed E-state index contributed by atoms with van der Waals surface area (Å²) < 4.78 is 6.02. The van der Waals surface area contributed by atoms with Gasteiger partial charge in [0.2, 0.25) is 0 Å². The van der Waals surface area contributed by atoms with Gasteiger partial charge in [0.05, 0.1) is 6.61 Å². The predicted molar refractivity (Wildman–Crippen MR) is 85.5 cm³/mol. The van der Waals surface area contributed by atoms with Crippen molar-refractivity contribution in [2.75, 3.05) is 19.7 Å². The van der Waals surface area contributed by atoms with E-state index in [0.717, 1.165) is 42.1 Å². The van der Waals surface area contributed by atoms with Crippen LogP contribution in [0.1, 0.15) is 12.8 Å². The third kappa shape index (κ3) is 2.83. The molecule has 2 heterocycles. The van der Waals surface area contributed by atoms with Gasteiger partial charge in [0.25, 0.3) is 0 Å². The fourth-order valence-corrected chi connectivity index (χ4v) is 3.78. The topological polar surface area (TPSA) is 47.0 Å². The lowest BCUT2D eigenvalue weighted by Gasteiger charge is -2.22. The maximum atomic E-state index is 6.02. The molecule has 2 aromatic rings. The molecular formula is C18H21N3O. The molecule has 0 amide bonds. The average Bonchev–Trinajstić information content (AvgIpc) is 2.87. The first-order valence-electron chi connectivity index (χ1n) is 8.09. The van der Waals surface area contributed by atoms with Crippen LogP contribution in [0.2, 0.25) is 0 Å². The Morgan fingerprint density at radius 1 is 1.05 bits per heavy atom. The van der Waals surface area contributed by atoms with E-state index in [1.165, 1.54) is 19.4 Å². The third-order valence-corrected chi connectivity index (χ3v) is 4.92. The lowest BCUT2D eigenvalue weighted by atomic mass is 9.96. The zero-order valence-electron chi connectivity index (χ0n) is 12.6. The van der Waals surface area contributed by atoms with Gasteiger partial charge in [-0.15, -0.1) is 0 Å². The van der Waals surface area contributed by atoms with Gasteiger partial charge in [-0.25, -0.2) is 9.97 Å². The van der Waals surface area contributed by atoms with E-state index in [2.05, 4.69) is 15.3 Å². The highest BCUT2D eigenvalue weighted by Gasteiger charge is 2.37. The van der Waals surface area contributed by atoms with Crippen molar-refractivity contribution < 1.29 is 4.74 Å². The summed E-state index contributed by atoms with van der Waals surface area (Å²) in [6, 6.07) is 9.92. The number of fused-ring (bicyclic) bond motifs is 2. The Kier molecular flexibility index (Phi) is 3.77. The minimum absolute atomic E-state index is 0.706. The number of benzene rings is 1. The van der Waals surface area contributed by atoms with Crippen molar-refractivity contribution in [2.24, 2.45) is 17.8 Å². The van der Waals surface area contributed by atoms with Crippen molar-refractivity contribution in [3.05, 3.63) is 42.7 Å². The first-order chi connectivity index (χ1) is 10.9. The van der Waals surface area contributed by atoms with Gasteiger partial charge in [-0.3, -0.25) is 0 Å². The van der Waals surface area contributed by atoms with Crippen molar-refractivity contribution in [1.82, 2.24) is 15.3 Å². The first kappa shape index (κ1) is 13.7. The van der Waals surface area contributed by atoms with E-state index in [1.807, 2.05) is 30.3 Å². The van der Waals surface area contributed by atoms with Gasteiger partial charge < -0.3 is 10.1 Å². The zero-order valence-corrected chi connectivity index (χ0v) is 12.6. The normalized spacial score (nSPS) is 26.8. The van der Waals surface area contributed by atoms with Crippen LogP contribution < -0.4 is 10.1 Å². The fourth-order valence-electron chi connectivity index (χ4n) is 3.78. The summed E-state index contributed by atoms with van der Waals surface area (Å²) in [5.41, 5.74) is 1.02. The van der Waals surface area contributed by atoms with Gasteiger partial charge in [-0.1, -0.05) is 0 Å². The maximum Gasteiger partial charge on any atom is 0.159 e. The molecule has 4 nitrogen and oxygen atoms in total. The lowest BCUT2D eigenvalue weighted by Crippen LogP contribution is -2.32. The fraction of sp³-hybridized carbons (Fsp3) is 0.444. The molecular weight excluding hydrogens is 274 g/mol. The molecule has 1 saturated carbocycles. The van der Waals surface area contributed by atoms with E-state index in [4.69, 9.17) is 4.74 Å². The number of aromatic nitrogens is 2. The number of hydrogen-bond donors (Lipinski definition) is 1. The smallest absolute Gasteiger partial charge is 0.159 e. The Morgan fingerprint density at radius 3 is 2.64 bits per heavy atom. The molecule has 4 rings (SSSR count). The van der Waals surface area contributed by atoms with Crippen LogP contribution in [0, 0.1) is 17.8 Å². The highest BCUT2D eigenvalue weighted by atomic mass is 16.5. The van der Waals surface area contributed by atoms with E-state index in [9.17, 15) is 0 Å². The number of hydrogen-bond acceptors (Lipinski definition) is 4. The van der Waals surface area contributed by atoms with Gasteiger partial charge in [-0.05, 0) is 74.0 Å². The molecule has 1 aromatic carbocycles. The summed E-state index contributed by atoms with van der Waals surface area (Å²) in [4.78, 5) is 8.53. The van der Waals surface area contributed by atoms with E-state index in [1.54, 1.807) is 12.4 Å². The summed E-state index contributed by atoms with van der Waals surface area (Å²) >= 11 is 0. The van der Waals surface area contributed by atoms with Crippen LogP contribution in [-0.2, 0) is 0 Å². The maximum absolute atomic E-state index is 6.02. The molecule has 2 aliphatic rings. The molecule has 3 atom stereocenters. The van der Waals surface area contributed by atoms with Crippen LogP contribution in [0.4, 0.5) is 0 Å². The van der Waals surface area contributed by atoms with Gasteiger partial charge in [0, 0.05) is 18.0 Å². The number of rotatable bonds is 4. The minimum Gasteiger partial charge on any atom is -0.493 e. The summed E-state index contributed by atoms with van der Waals surface area (Å²) in [5, 5.41) is 3.53. The molecule has 4 heteroatoms. The Labute approximate surface area is 130 Å². The van der Waals surface area contributed by atoms with E-state index in [-0.39, 0.29) is 0 Å². The van der Waals surface area contributed by atoms with Gasteiger partial charge >= 0.3 is 0 Å². The molecule has 0 radical (unpaired) electrons. The standard InChI is InChI=1S/C18H21N3O/c1-6-20-18(21-7-1)14-2-4-17(5-3-14)22-12-16-9-13-8-15(16)11-19-10-13/h1-7,13,15-16,19H,8-12H2. The molecule has 1 N–H and O–H groups in total. The second kappa shape index (κ2) is 6.05. The van der Waals surface area contributed by atoms with Crippen molar-refractivity contribution in [1.29, 1.82) is 0 Å². The van der Waals surface area contributed by atoms with Crippen molar-refractivity contribution in [2.45, 2.75) is 12.8 Å². The highest BCUT2D eigenvalue weighted by molar-refractivity contribution is 5.55. The third-order valence-electron chi connectivity index (χ3n) is 4.92. The number of piperidine rings is 1. The molecule has 0 spiro atoms. The second-order valence-electron chi connectivity index (χ2n) is 6.42. The molecule has 1 aliphatic carbocycles. The van der Waals surface area contributed by atoms with Gasteiger partial charge in [0.1, 0.15) is 5.75 Å². The summed E-state index contributed by atoms with van der Waals surface area (Å²) in [5.74, 6) is 4.07.